The summed E-state index contributed by atoms with van der Waals surface area (Å²) >= 11 is 7.54. The Hall–Kier alpha value is -5.39. The zero-order valence-corrected chi connectivity index (χ0v) is 36.1. The maximum atomic E-state index is 12.3. The molecule has 0 fully saturated rings. The zero-order valence-electron chi connectivity index (χ0n) is 35.3. The predicted molar refractivity (Wildman–Crippen MR) is 242 cm³/mol. The van der Waals surface area contributed by atoms with Crippen molar-refractivity contribution in [2.75, 3.05) is 32.2 Å². The molecular formula is C52H54ClN2O3+. The number of halogens is 1. The van der Waals surface area contributed by atoms with Crippen molar-refractivity contribution >= 4 is 56.2 Å². The van der Waals surface area contributed by atoms with Gasteiger partial charge in [-0.15, -0.1) is 0 Å². The molecule has 296 valence electrons. The number of benzene rings is 5. The van der Waals surface area contributed by atoms with Gasteiger partial charge >= 0.3 is 5.97 Å². The first-order valence-electron chi connectivity index (χ1n) is 20.6. The molecule has 58 heavy (non-hydrogen) atoms. The Morgan fingerprint density at radius 3 is 2.24 bits per heavy atom. The molecule has 1 unspecified atom stereocenters. The van der Waals surface area contributed by atoms with E-state index in [0.717, 1.165) is 47.9 Å². The van der Waals surface area contributed by atoms with Gasteiger partial charge in [0.25, 0.3) is 0 Å². The van der Waals surface area contributed by atoms with E-state index in [1.165, 1.54) is 73.7 Å². The third-order valence-electron chi connectivity index (χ3n) is 12.9. The Labute approximate surface area is 348 Å². The molecule has 0 spiro atoms. The number of hydrogen-bond acceptors (Lipinski definition) is 4. The number of hydrogen-bond donors (Lipinski definition) is 0. The molecule has 0 saturated carbocycles. The van der Waals surface area contributed by atoms with Gasteiger partial charge in [-0.25, -0.2) is 4.79 Å². The number of fused-ring (bicyclic) bond motifs is 6. The third-order valence-corrected chi connectivity index (χ3v) is 13.4. The molecule has 5 nitrogen and oxygen atoms in total. The van der Waals surface area contributed by atoms with Gasteiger partial charge in [-0.1, -0.05) is 85.6 Å². The molecule has 5 aromatic carbocycles. The average molecular weight is 790 g/mol. The molecule has 1 aliphatic carbocycles. The SMILES string of the molecule is CCN1C(=CC=C2CC(c3ccc(C(=O)OC)cc3)CC(C=CC3=[N+](CC)c4ccc5cc(C)ccc5c4C3(C)C)=C2Cl)C(C)(C)c2c1ccc1cc(OC)ccc21. The second-order valence-electron chi connectivity index (χ2n) is 17.0. The number of nitrogens with zero attached hydrogens (tertiary/aromatic N) is 2. The van der Waals surface area contributed by atoms with E-state index < -0.39 is 0 Å². The molecule has 0 radical (unpaired) electrons. The minimum Gasteiger partial charge on any atom is -0.497 e. The summed E-state index contributed by atoms with van der Waals surface area (Å²) in [4.78, 5) is 14.8. The summed E-state index contributed by atoms with van der Waals surface area (Å²) in [5, 5.41) is 5.82. The third kappa shape index (κ3) is 6.48. The predicted octanol–water partition coefficient (Wildman–Crippen LogP) is 12.7. The van der Waals surface area contributed by atoms with Crippen molar-refractivity contribution in [1.82, 2.24) is 0 Å². The van der Waals surface area contributed by atoms with Gasteiger partial charge in [-0.2, -0.15) is 4.58 Å². The molecule has 5 aromatic rings. The number of ether oxygens (including phenoxy) is 2. The van der Waals surface area contributed by atoms with Crippen molar-refractivity contribution in [3.63, 3.8) is 0 Å². The Morgan fingerprint density at radius 2 is 1.53 bits per heavy atom. The molecule has 1 atom stereocenters. The minimum absolute atomic E-state index is 0.168. The van der Waals surface area contributed by atoms with Crippen molar-refractivity contribution in [1.29, 1.82) is 0 Å². The number of esters is 1. The fraction of sp³-hybridized carbons (Fsp3) is 0.308. The van der Waals surface area contributed by atoms with Crippen molar-refractivity contribution < 1.29 is 18.8 Å². The van der Waals surface area contributed by atoms with E-state index in [1.807, 2.05) is 12.1 Å². The fourth-order valence-electron chi connectivity index (χ4n) is 9.97. The second kappa shape index (κ2) is 15.1. The van der Waals surface area contributed by atoms with Crippen LogP contribution in [0.5, 0.6) is 5.75 Å². The normalized spacial score (nSPS) is 19.9. The maximum absolute atomic E-state index is 12.3. The van der Waals surface area contributed by atoms with Crippen LogP contribution < -0.4 is 9.64 Å². The lowest BCUT2D eigenvalue weighted by Crippen LogP contribution is -2.28. The molecular weight excluding hydrogens is 736 g/mol. The molecule has 3 aliphatic rings. The largest absolute Gasteiger partial charge is 0.497 e. The molecule has 8 rings (SSSR count). The van der Waals surface area contributed by atoms with Crippen molar-refractivity contribution in [3.8, 4) is 5.75 Å². The van der Waals surface area contributed by atoms with Gasteiger partial charge in [0.05, 0.1) is 25.2 Å². The van der Waals surface area contributed by atoms with Gasteiger partial charge < -0.3 is 14.4 Å². The van der Waals surface area contributed by atoms with Crippen molar-refractivity contribution in [2.45, 2.75) is 78.1 Å². The smallest absolute Gasteiger partial charge is 0.337 e. The standard InChI is InChI=1S/C52H54ClN2O3/c1-10-54-43-24-17-35-28-32(3)12-22-41(35)47(43)51(4,5)45(54)26-19-37-29-39(33-13-15-34(16-14-33)50(56)58-9)30-38(49(37)53)20-27-46-52(6,7)48-42-23-21-40(57-8)31-36(42)18-25-44(48)55(46)11-2/h12-28,31,39H,10-11,29-30H2,1-9H3/q+1. The lowest BCUT2D eigenvalue weighted by Gasteiger charge is -2.28. The van der Waals surface area contributed by atoms with E-state index in [-0.39, 0.29) is 22.7 Å². The Bertz CT molecular complexity index is 2660. The molecule has 0 N–H and O–H groups in total. The summed E-state index contributed by atoms with van der Waals surface area (Å²) in [5.41, 5.74) is 12.5. The zero-order chi connectivity index (χ0) is 41.1. The molecule has 6 heteroatoms. The molecule has 2 heterocycles. The van der Waals surface area contributed by atoms with E-state index in [4.69, 9.17) is 21.1 Å². The molecule has 0 bridgehead atoms. The van der Waals surface area contributed by atoms with Crippen LogP contribution in [-0.2, 0) is 15.6 Å². The van der Waals surface area contributed by atoms with E-state index in [9.17, 15) is 4.79 Å². The molecule has 0 amide bonds. The second-order valence-corrected chi connectivity index (χ2v) is 17.4. The first-order valence-corrected chi connectivity index (χ1v) is 20.9. The van der Waals surface area contributed by atoms with Crippen LogP contribution in [0.25, 0.3) is 21.5 Å². The quantitative estimate of drug-likeness (QED) is 0.116. The van der Waals surface area contributed by atoms with Crippen LogP contribution in [0.15, 0.2) is 131 Å². The first kappa shape index (κ1) is 39.4. The van der Waals surface area contributed by atoms with Gasteiger partial charge in [-0.3, -0.25) is 0 Å². The van der Waals surface area contributed by atoms with Crippen LogP contribution in [0.1, 0.15) is 92.9 Å². The lowest BCUT2D eigenvalue weighted by molar-refractivity contribution is -0.433. The van der Waals surface area contributed by atoms with Crippen LogP contribution in [0, 0.1) is 6.92 Å². The number of allylic oxidation sites excluding steroid dienone is 8. The van der Waals surface area contributed by atoms with Crippen LogP contribution in [0.3, 0.4) is 0 Å². The van der Waals surface area contributed by atoms with E-state index >= 15 is 0 Å². The average Bonchev–Trinajstić information content (AvgIpc) is 3.59. The summed E-state index contributed by atoms with van der Waals surface area (Å²) in [7, 11) is 3.14. The highest BCUT2D eigenvalue weighted by atomic mass is 35.5. The number of likely N-dealkylation sites (N-methyl/N-ethyl adjacent to an activating group) is 1. The minimum atomic E-state index is -0.331. The van der Waals surface area contributed by atoms with E-state index in [2.05, 4.69) is 155 Å². The first-order chi connectivity index (χ1) is 27.8. The van der Waals surface area contributed by atoms with Crippen molar-refractivity contribution in [2.24, 2.45) is 0 Å². The highest BCUT2D eigenvalue weighted by Gasteiger charge is 2.45. The van der Waals surface area contributed by atoms with Crippen LogP contribution in [0.4, 0.5) is 11.4 Å². The highest BCUT2D eigenvalue weighted by Crippen LogP contribution is 2.52. The number of rotatable bonds is 8. The summed E-state index contributed by atoms with van der Waals surface area (Å²) in [6.07, 6.45) is 10.7. The van der Waals surface area contributed by atoms with E-state index in [1.54, 1.807) is 7.11 Å². The van der Waals surface area contributed by atoms with Crippen LogP contribution in [-0.4, -0.2) is 43.6 Å². The van der Waals surface area contributed by atoms with Gasteiger partial charge in [0.15, 0.2) is 5.71 Å². The number of methoxy groups -OCH3 is 2. The molecule has 0 aromatic heterocycles. The Morgan fingerprint density at radius 1 is 0.828 bits per heavy atom. The van der Waals surface area contributed by atoms with E-state index in [0.29, 0.717) is 5.56 Å². The highest BCUT2D eigenvalue weighted by molar-refractivity contribution is 6.32. The number of carbonyl (C=O) groups excluding carboxylic acids is 1. The van der Waals surface area contributed by atoms with Crippen LogP contribution in [0.2, 0.25) is 0 Å². The lowest BCUT2D eigenvalue weighted by atomic mass is 9.77. The number of aryl methyl sites for hydroxylation is 1. The van der Waals surface area contributed by atoms with Gasteiger partial charge in [0.2, 0.25) is 5.69 Å². The van der Waals surface area contributed by atoms with Gasteiger partial charge in [0.1, 0.15) is 12.3 Å². The summed E-state index contributed by atoms with van der Waals surface area (Å²) in [6, 6.07) is 30.1. The van der Waals surface area contributed by atoms with Crippen LogP contribution >= 0.6 is 11.6 Å². The Balaban J connectivity index is 1.22. The summed E-state index contributed by atoms with van der Waals surface area (Å²) in [6.45, 7) is 17.7. The monoisotopic (exact) mass is 789 g/mol. The molecule has 2 aliphatic heterocycles. The van der Waals surface area contributed by atoms with Crippen molar-refractivity contribution in [3.05, 3.63) is 159 Å². The number of anilines is 1. The summed E-state index contributed by atoms with van der Waals surface area (Å²) < 4.78 is 13.0. The fourth-order valence-corrected chi connectivity index (χ4v) is 10.2. The topological polar surface area (TPSA) is 41.8 Å². The van der Waals surface area contributed by atoms with Gasteiger partial charge in [0, 0.05) is 46.1 Å². The molecule has 0 saturated heterocycles. The Kier molecular flexibility index (Phi) is 10.3. The van der Waals surface area contributed by atoms with Gasteiger partial charge in [-0.05, 0) is 140 Å². The summed E-state index contributed by atoms with van der Waals surface area (Å²) in [5.74, 6) is 0.698. The maximum Gasteiger partial charge on any atom is 0.337 e. The number of carbonyl (C=O) groups is 1.